The summed E-state index contributed by atoms with van der Waals surface area (Å²) in [4.78, 5) is 12.6. The molecule has 2 aromatic carbocycles. The van der Waals surface area contributed by atoms with Crippen molar-refractivity contribution < 1.29 is 4.79 Å². The topological polar surface area (TPSA) is 34.0 Å². The van der Waals surface area contributed by atoms with E-state index in [1.807, 2.05) is 18.2 Å². The molecule has 0 spiro atoms. The Morgan fingerprint density at radius 3 is 2.80 bits per heavy atom. The molecule has 0 radical (unpaired) electrons. The molecule has 1 aliphatic heterocycles. The van der Waals surface area contributed by atoms with E-state index in [2.05, 4.69) is 59.4 Å². The van der Waals surface area contributed by atoms with E-state index in [0.717, 1.165) is 23.0 Å². The highest BCUT2D eigenvalue weighted by Gasteiger charge is 2.22. The SMILES string of the molecule is Cc1cccc(Cn2cc(/C=C3\SC(=S)NC3=O)c3ccccc32)c1. The molecule has 1 aromatic heterocycles. The standard InChI is InChI=1S/C20H16N2OS2/c1-13-5-4-6-14(9-13)11-22-12-15(16-7-2-3-8-17(16)22)10-18-19(23)21-20(24)25-18/h2-10,12H,11H2,1H3,(H,21,23,24)/b18-10-. The van der Waals surface area contributed by atoms with Crippen molar-refractivity contribution in [2.24, 2.45) is 0 Å². The number of aromatic nitrogens is 1. The van der Waals surface area contributed by atoms with Crippen LogP contribution in [0.3, 0.4) is 0 Å². The van der Waals surface area contributed by atoms with Crippen molar-refractivity contribution in [1.82, 2.24) is 9.88 Å². The van der Waals surface area contributed by atoms with Crippen LogP contribution < -0.4 is 5.32 Å². The van der Waals surface area contributed by atoms with E-state index in [4.69, 9.17) is 12.2 Å². The van der Waals surface area contributed by atoms with Gasteiger partial charge in [-0.05, 0) is 24.6 Å². The second kappa shape index (κ2) is 6.50. The summed E-state index contributed by atoms with van der Waals surface area (Å²) < 4.78 is 2.74. The number of para-hydroxylation sites is 1. The predicted molar refractivity (Wildman–Crippen MR) is 109 cm³/mol. The molecule has 5 heteroatoms. The van der Waals surface area contributed by atoms with Gasteiger partial charge in [-0.15, -0.1) is 0 Å². The van der Waals surface area contributed by atoms with Crippen molar-refractivity contribution in [3.05, 3.63) is 76.3 Å². The van der Waals surface area contributed by atoms with Gasteiger partial charge in [0.05, 0.1) is 4.91 Å². The molecule has 1 fully saturated rings. The minimum atomic E-state index is -0.120. The maximum Gasteiger partial charge on any atom is 0.263 e. The molecule has 0 atom stereocenters. The molecule has 1 saturated heterocycles. The number of thiocarbonyl (C=S) groups is 1. The lowest BCUT2D eigenvalue weighted by molar-refractivity contribution is -0.115. The van der Waals surface area contributed by atoms with Crippen LogP contribution in [0.15, 0.2) is 59.6 Å². The first-order valence-electron chi connectivity index (χ1n) is 7.98. The first-order valence-corrected chi connectivity index (χ1v) is 9.21. The second-order valence-corrected chi connectivity index (χ2v) is 7.79. The van der Waals surface area contributed by atoms with Crippen LogP contribution in [0.25, 0.3) is 17.0 Å². The van der Waals surface area contributed by atoms with E-state index in [-0.39, 0.29) is 5.91 Å². The van der Waals surface area contributed by atoms with Gasteiger partial charge in [0.1, 0.15) is 4.32 Å². The van der Waals surface area contributed by atoms with Gasteiger partial charge in [-0.1, -0.05) is 72.0 Å². The Hall–Kier alpha value is -2.37. The zero-order chi connectivity index (χ0) is 17.4. The van der Waals surface area contributed by atoms with Crippen LogP contribution in [-0.2, 0) is 11.3 Å². The van der Waals surface area contributed by atoms with Gasteiger partial charge >= 0.3 is 0 Å². The fraction of sp³-hybridized carbons (Fsp3) is 0.100. The summed E-state index contributed by atoms with van der Waals surface area (Å²) in [7, 11) is 0. The number of thioether (sulfide) groups is 1. The second-order valence-electron chi connectivity index (χ2n) is 6.07. The number of hydrogen-bond acceptors (Lipinski definition) is 3. The quantitative estimate of drug-likeness (QED) is 0.549. The Bertz CT molecular complexity index is 1030. The molecule has 0 bridgehead atoms. The minimum Gasteiger partial charge on any atom is -0.342 e. The van der Waals surface area contributed by atoms with Crippen molar-refractivity contribution in [2.75, 3.05) is 0 Å². The summed E-state index contributed by atoms with van der Waals surface area (Å²) in [6.07, 6.45) is 4.03. The van der Waals surface area contributed by atoms with Gasteiger partial charge in [0.25, 0.3) is 5.91 Å². The van der Waals surface area contributed by atoms with E-state index < -0.39 is 0 Å². The monoisotopic (exact) mass is 364 g/mol. The van der Waals surface area contributed by atoms with E-state index in [1.54, 1.807) is 0 Å². The number of hydrogen-bond donors (Lipinski definition) is 1. The van der Waals surface area contributed by atoms with Crippen molar-refractivity contribution in [2.45, 2.75) is 13.5 Å². The van der Waals surface area contributed by atoms with Gasteiger partial charge in [0.2, 0.25) is 0 Å². The molecule has 0 saturated carbocycles. The Morgan fingerprint density at radius 2 is 2.04 bits per heavy atom. The van der Waals surface area contributed by atoms with Gasteiger partial charge in [-0.2, -0.15) is 0 Å². The molecule has 0 unspecified atom stereocenters. The number of carbonyl (C=O) groups excluding carboxylic acids is 1. The Labute approximate surface area is 155 Å². The van der Waals surface area contributed by atoms with Crippen LogP contribution in [0.2, 0.25) is 0 Å². The van der Waals surface area contributed by atoms with Crippen LogP contribution in [0.5, 0.6) is 0 Å². The van der Waals surface area contributed by atoms with Gasteiger partial charge in [-0.3, -0.25) is 4.79 Å². The molecule has 1 amide bonds. The molecule has 4 rings (SSSR count). The molecule has 1 N–H and O–H groups in total. The van der Waals surface area contributed by atoms with E-state index >= 15 is 0 Å². The molecule has 3 nitrogen and oxygen atoms in total. The summed E-state index contributed by atoms with van der Waals surface area (Å²) >= 11 is 6.39. The number of fused-ring (bicyclic) bond motifs is 1. The van der Waals surface area contributed by atoms with Crippen LogP contribution in [0.1, 0.15) is 16.7 Å². The number of nitrogens with one attached hydrogen (secondary N) is 1. The van der Waals surface area contributed by atoms with Crippen LogP contribution in [-0.4, -0.2) is 14.8 Å². The van der Waals surface area contributed by atoms with Crippen LogP contribution >= 0.6 is 24.0 Å². The molecule has 0 aliphatic carbocycles. The molecule has 3 aromatic rings. The molecule has 25 heavy (non-hydrogen) atoms. The highest BCUT2D eigenvalue weighted by atomic mass is 32.2. The van der Waals surface area contributed by atoms with E-state index in [9.17, 15) is 4.79 Å². The first-order chi connectivity index (χ1) is 12.1. The third kappa shape index (κ3) is 3.25. The van der Waals surface area contributed by atoms with Crippen molar-refractivity contribution in [1.29, 1.82) is 0 Å². The fourth-order valence-corrected chi connectivity index (χ4v) is 4.13. The van der Waals surface area contributed by atoms with Gasteiger partial charge in [0, 0.05) is 29.2 Å². The Kier molecular flexibility index (Phi) is 4.19. The molecular formula is C20H16N2OS2. The highest BCUT2D eigenvalue weighted by molar-refractivity contribution is 8.26. The van der Waals surface area contributed by atoms with Gasteiger partial charge < -0.3 is 9.88 Å². The average molecular weight is 364 g/mol. The average Bonchev–Trinajstić information content (AvgIpc) is 3.08. The molecule has 124 valence electrons. The summed E-state index contributed by atoms with van der Waals surface area (Å²) in [5, 5.41) is 3.80. The Morgan fingerprint density at radius 1 is 1.20 bits per heavy atom. The van der Waals surface area contributed by atoms with Gasteiger partial charge in [-0.25, -0.2) is 0 Å². The summed E-state index contributed by atoms with van der Waals surface area (Å²) in [5.41, 5.74) is 4.70. The largest absolute Gasteiger partial charge is 0.342 e. The molecule has 1 aliphatic rings. The third-order valence-electron chi connectivity index (χ3n) is 4.18. The van der Waals surface area contributed by atoms with E-state index in [1.165, 1.54) is 22.9 Å². The fourth-order valence-electron chi connectivity index (χ4n) is 3.09. The molecular weight excluding hydrogens is 348 g/mol. The molecule has 2 heterocycles. The van der Waals surface area contributed by atoms with Crippen LogP contribution in [0.4, 0.5) is 0 Å². The maximum absolute atomic E-state index is 12.0. The number of rotatable bonds is 3. The number of amides is 1. The number of aryl methyl sites for hydroxylation is 1. The minimum absolute atomic E-state index is 0.120. The zero-order valence-electron chi connectivity index (χ0n) is 13.7. The third-order valence-corrected chi connectivity index (χ3v) is 5.35. The number of benzene rings is 2. The lowest BCUT2D eigenvalue weighted by atomic mass is 10.1. The summed E-state index contributed by atoms with van der Waals surface area (Å²) in [6, 6.07) is 16.8. The van der Waals surface area contributed by atoms with Gasteiger partial charge in [0.15, 0.2) is 0 Å². The van der Waals surface area contributed by atoms with E-state index in [0.29, 0.717) is 9.23 Å². The first kappa shape index (κ1) is 16.1. The summed E-state index contributed by atoms with van der Waals surface area (Å²) in [5.74, 6) is -0.120. The lowest BCUT2D eigenvalue weighted by Crippen LogP contribution is -2.17. The smallest absolute Gasteiger partial charge is 0.263 e. The van der Waals surface area contributed by atoms with Crippen molar-refractivity contribution in [3.63, 3.8) is 0 Å². The summed E-state index contributed by atoms with van der Waals surface area (Å²) in [6.45, 7) is 2.90. The zero-order valence-corrected chi connectivity index (χ0v) is 15.3. The predicted octanol–water partition coefficient (Wildman–Crippen LogP) is 4.49. The number of nitrogens with zero attached hydrogens (tertiary/aromatic N) is 1. The normalized spacial score (nSPS) is 16.0. The lowest BCUT2D eigenvalue weighted by Gasteiger charge is -2.06. The van der Waals surface area contributed by atoms with Crippen molar-refractivity contribution in [3.8, 4) is 0 Å². The highest BCUT2D eigenvalue weighted by Crippen LogP contribution is 2.30. The van der Waals surface area contributed by atoms with Crippen molar-refractivity contribution >= 4 is 51.2 Å². The van der Waals surface area contributed by atoms with Crippen LogP contribution in [0, 0.1) is 6.92 Å². The Balaban J connectivity index is 1.78. The number of carbonyl (C=O) groups is 1. The maximum atomic E-state index is 12.0.